The van der Waals surface area contributed by atoms with Gasteiger partial charge < -0.3 is 5.11 Å². The zero-order chi connectivity index (χ0) is 15.4. The molecule has 1 N–H and O–H groups in total. The lowest BCUT2D eigenvalue weighted by Gasteiger charge is -2.26. The smallest absolute Gasteiger partial charge is 0.0707 e. The molecule has 0 radical (unpaired) electrons. The van der Waals surface area contributed by atoms with Gasteiger partial charge in [-0.3, -0.25) is 4.90 Å². The molecule has 0 bridgehead atoms. The van der Waals surface area contributed by atoms with Crippen LogP contribution < -0.4 is 0 Å². The van der Waals surface area contributed by atoms with E-state index in [1.165, 1.54) is 29.5 Å². The maximum Gasteiger partial charge on any atom is 0.0707 e. The van der Waals surface area contributed by atoms with Gasteiger partial charge in [-0.1, -0.05) is 54.6 Å². The van der Waals surface area contributed by atoms with Gasteiger partial charge in [0.2, 0.25) is 0 Å². The van der Waals surface area contributed by atoms with Crippen LogP contribution in [0.25, 0.3) is 0 Å². The fourth-order valence-electron chi connectivity index (χ4n) is 3.01. The predicted octanol–water partition coefficient (Wildman–Crippen LogP) is 3.56. The first kappa shape index (κ1) is 15.3. The van der Waals surface area contributed by atoms with Crippen molar-refractivity contribution < 1.29 is 5.11 Å². The van der Waals surface area contributed by atoms with Gasteiger partial charge in [0, 0.05) is 19.1 Å². The molecule has 0 aliphatic heterocycles. The molecule has 1 unspecified atom stereocenters. The fraction of sp³-hybridized carbons (Fsp3) is 0.400. The van der Waals surface area contributed by atoms with E-state index in [4.69, 9.17) is 0 Å². The molecule has 1 atom stereocenters. The molecule has 3 rings (SSSR count). The molecule has 0 spiro atoms. The number of hydrogen-bond donors (Lipinski definition) is 1. The van der Waals surface area contributed by atoms with Crippen molar-refractivity contribution in [3.63, 3.8) is 0 Å². The Hall–Kier alpha value is -1.64. The Kier molecular flexibility index (Phi) is 4.91. The standard InChI is InChI=1S/C20H25NO/c1-16-7-5-6-10-18(16)14-21(19-11-12-19)15-20(22)13-17-8-3-2-4-9-17/h2-10,19-20,22H,11-15H2,1H3. The van der Waals surface area contributed by atoms with Crippen LogP contribution in [0, 0.1) is 6.92 Å². The molecule has 1 saturated carbocycles. The SMILES string of the molecule is Cc1ccccc1CN(CC(O)Cc1ccccc1)C1CC1. The van der Waals surface area contributed by atoms with E-state index in [1.54, 1.807) is 0 Å². The molecule has 1 fully saturated rings. The third kappa shape index (κ3) is 4.19. The van der Waals surface area contributed by atoms with Crippen molar-refractivity contribution in [1.82, 2.24) is 4.90 Å². The van der Waals surface area contributed by atoms with Crippen LogP contribution in [0.3, 0.4) is 0 Å². The summed E-state index contributed by atoms with van der Waals surface area (Å²) in [6.45, 7) is 3.87. The number of hydrogen-bond acceptors (Lipinski definition) is 2. The van der Waals surface area contributed by atoms with E-state index < -0.39 is 0 Å². The van der Waals surface area contributed by atoms with E-state index in [0.717, 1.165) is 19.5 Å². The van der Waals surface area contributed by atoms with Crippen LogP contribution in [0.5, 0.6) is 0 Å². The molecule has 0 amide bonds. The number of aliphatic hydroxyl groups is 1. The number of benzene rings is 2. The van der Waals surface area contributed by atoms with Crippen LogP contribution in [-0.2, 0) is 13.0 Å². The average Bonchev–Trinajstić information content (AvgIpc) is 3.34. The Labute approximate surface area is 133 Å². The minimum atomic E-state index is -0.299. The van der Waals surface area contributed by atoms with Gasteiger partial charge in [-0.05, 0) is 42.9 Å². The summed E-state index contributed by atoms with van der Waals surface area (Å²) in [5, 5.41) is 10.5. The lowest BCUT2D eigenvalue weighted by molar-refractivity contribution is 0.104. The molecule has 1 aliphatic rings. The van der Waals surface area contributed by atoms with Gasteiger partial charge in [0.1, 0.15) is 0 Å². The quantitative estimate of drug-likeness (QED) is 0.844. The Morgan fingerprint density at radius 3 is 2.41 bits per heavy atom. The molecule has 1 aliphatic carbocycles. The molecule has 0 saturated heterocycles. The van der Waals surface area contributed by atoms with Gasteiger partial charge in [0.15, 0.2) is 0 Å². The predicted molar refractivity (Wildman–Crippen MR) is 90.8 cm³/mol. The van der Waals surface area contributed by atoms with E-state index in [9.17, 15) is 5.11 Å². The topological polar surface area (TPSA) is 23.5 Å². The van der Waals surface area contributed by atoms with E-state index >= 15 is 0 Å². The lowest BCUT2D eigenvalue weighted by Crippen LogP contribution is -2.35. The van der Waals surface area contributed by atoms with Crippen molar-refractivity contribution in [2.75, 3.05) is 6.54 Å². The van der Waals surface area contributed by atoms with Crippen LogP contribution in [0.4, 0.5) is 0 Å². The second kappa shape index (κ2) is 7.08. The van der Waals surface area contributed by atoms with E-state index in [0.29, 0.717) is 6.04 Å². The van der Waals surface area contributed by atoms with Crippen molar-refractivity contribution in [3.8, 4) is 0 Å². The lowest BCUT2D eigenvalue weighted by atomic mass is 10.1. The normalized spacial score (nSPS) is 16.0. The van der Waals surface area contributed by atoms with Gasteiger partial charge in [0.05, 0.1) is 6.10 Å². The summed E-state index contributed by atoms with van der Waals surface area (Å²) >= 11 is 0. The summed E-state index contributed by atoms with van der Waals surface area (Å²) in [7, 11) is 0. The monoisotopic (exact) mass is 295 g/mol. The highest BCUT2D eigenvalue weighted by Crippen LogP contribution is 2.29. The van der Waals surface area contributed by atoms with Crippen molar-refractivity contribution >= 4 is 0 Å². The summed E-state index contributed by atoms with van der Waals surface area (Å²) < 4.78 is 0. The van der Waals surface area contributed by atoms with Crippen molar-refractivity contribution in [1.29, 1.82) is 0 Å². The number of aliphatic hydroxyl groups excluding tert-OH is 1. The van der Waals surface area contributed by atoms with Gasteiger partial charge >= 0.3 is 0 Å². The molecule has 2 aromatic rings. The number of rotatable bonds is 7. The summed E-state index contributed by atoms with van der Waals surface area (Å²) in [5.74, 6) is 0. The first-order valence-corrected chi connectivity index (χ1v) is 8.23. The highest BCUT2D eigenvalue weighted by molar-refractivity contribution is 5.25. The molecule has 2 heteroatoms. The Morgan fingerprint density at radius 2 is 1.73 bits per heavy atom. The second-order valence-electron chi connectivity index (χ2n) is 6.43. The Morgan fingerprint density at radius 1 is 1.05 bits per heavy atom. The zero-order valence-electron chi connectivity index (χ0n) is 13.3. The average molecular weight is 295 g/mol. The van der Waals surface area contributed by atoms with Gasteiger partial charge in [-0.2, -0.15) is 0 Å². The second-order valence-corrected chi connectivity index (χ2v) is 6.43. The van der Waals surface area contributed by atoms with Crippen molar-refractivity contribution in [3.05, 3.63) is 71.3 Å². The van der Waals surface area contributed by atoms with Crippen LogP contribution in [0.15, 0.2) is 54.6 Å². The summed E-state index contributed by atoms with van der Waals surface area (Å²) in [5.41, 5.74) is 3.92. The van der Waals surface area contributed by atoms with Crippen LogP contribution in [0.2, 0.25) is 0 Å². The van der Waals surface area contributed by atoms with E-state index in [-0.39, 0.29) is 6.10 Å². The highest BCUT2D eigenvalue weighted by Gasteiger charge is 2.30. The molecule has 0 aromatic heterocycles. The molecular formula is C20H25NO. The van der Waals surface area contributed by atoms with Crippen molar-refractivity contribution in [2.45, 2.75) is 44.9 Å². The third-order valence-electron chi connectivity index (χ3n) is 4.46. The minimum absolute atomic E-state index is 0.299. The third-order valence-corrected chi connectivity index (χ3v) is 4.46. The van der Waals surface area contributed by atoms with Crippen LogP contribution in [-0.4, -0.2) is 28.7 Å². The molecule has 2 aromatic carbocycles. The Bertz CT molecular complexity index is 592. The van der Waals surface area contributed by atoms with Crippen LogP contribution in [0.1, 0.15) is 29.5 Å². The molecular weight excluding hydrogens is 270 g/mol. The highest BCUT2D eigenvalue weighted by atomic mass is 16.3. The van der Waals surface area contributed by atoms with Gasteiger partial charge in [-0.25, -0.2) is 0 Å². The number of aryl methyl sites for hydroxylation is 1. The fourth-order valence-corrected chi connectivity index (χ4v) is 3.01. The van der Waals surface area contributed by atoms with Crippen LogP contribution >= 0.6 is 0 Å². The van der Waals surface area contributed by atoms with Crippen molar-refractivity contribution in [2.24, 2.45) is 0 Å². The first-order valence-electron chi connectivity index (χ1n) is 8.23. The maximum atomic E-state index is 10.5. The Balaban J connectivity index is 1.61. The maximum absolute atomic E-state index is 10.5. The molecule has 2 nitrogen and oxygen atoms in total. The summed E-state index contributed by atoms with van der Waals surface area (Å²) in [4.78, 5) is 2.45. The number of nitrogens with zero attached hydrogens (tertiary/aromatic N) is 1. The largest absolute Gasteiger partial charge is 0.391 e. The van der Waals surface area contributed by atoms with E-state index in [1.807, 2.05) is 18.2 Å². The van der Waals surface area contributed by atoms with Gasteiger partial charge in [-0.15, -0.1) is 0 Å². The van der Waals surface area contributed by atoms with E-state index in [2.05, 4.69) is 48.2 Å². The molecule has 0 heterocycles. The molecule has 116 valence electrons. The first-order chi connectivity index (χ1) is 10.7. The summed E-state index contributed by atoms with van der Waals surface area (Å²) in [6.07, 6.45) is 2.97. The van der Waals surface area contributed by atoms with Gasteiger partial charge in [0.25, 0.3) is 0 Å². The minimum Gasteiger partial charge on any atom is -0.391 e. The molecule has 22 heavy (non-hydrogen) atoms. The zero-order valence-corrected chi connectivity index (χ0v) is 13.3. The summed E-state index contributed by atoms with van der Waals surface area (Å²) in [6, 6.07) is 19.5.